The zero-order valence-electron chi connectivity index (χ0n) is 15.4. The predicted octanol–water partition coefficient (Wildman–Crippen LogP) is 2.16. The Balaban J connectivity index is 2.08. The fourth-order valence-electron chi connectivity index (χ4n) is 2.92. The Morgan fingerprint density at radius 3 is 2.33 bits per heavy atom. The van der Waals surface area contributed by atoms with E-state index in [0.29, 0.717) is 5.56 Å². The van der Waals surface area contributed by atoms with Crippen LogP contribution in [0.5, 0.6) is 11.6 Å². The molecule has 1 unspecified atom stereocenters. The first-order valence-corrected chi connectivity index (χ1v) is 8.43. The molecular formula is C18H16F3N5O4. The van der Waals surface area contributed by atoms with Crippen molar-refractivity contribution < 1.29 is 27.8 Å². The Morgan fingerprint density at radius 2 is 1.80 bits per heavy atom. The second kappa shape index (κ2) is 7.81. The van der Waals surface area contributed by atoms with Crippen molar-refractivity contribution in [1.82, 2.24) is 19.4 Å². The van der Waals surface area contributed by atoms with Gasteiger partial charge in [-0.2, -0.15) is 0 Å². The second-order valence-corrected chi connectivity index (χ2v) is 6.13. The molecular weight excluding hydrogens is 407 g/mol. The molecule has 0 aliphatic carbocycles. The van der Waals surface area contributed by atoms with Crippen molar-refractivity contribution in [1.29, 1.82) is 0 Å². The number of nitrogens with one attached hydrogen (secondary N) is 1. The molecule has 12 heteroatoms. The van der Waals surface area contributed by atoms with E-state index in [1.165, 1.54) is 31.5 Å². The third kappa shape index (κ3) is 4.21. The number of primary amides is 1. The van der Waals surface area contributed by atoms with Gasteiger partial charge in [-0.1, -0.05) is 0 Å². The van der Waals surface area contributed by atoms with Crippen LogP contribution in [0.1, 0.15) is 17.4 Å². The summed E-state index contributed by atoms with van der Waals surface area (Å²) in [5.74, 6) is -0.949. The standard InChI is InChI=1S/C18H16F3N5O4/c1-10-15(27)26(12-2-4-13(5-3-12)30-18(19,20)21)17(29)25(10)14(24-16(22)28)11-6-8-23-9-7-11/h2-9,14,27H,1H3,(H3,22,24,28). The Hall–Kier alpha value is -3.96. The highest BCUT2D eigenvalue weighted by Crippen LogP contribution is 2.27. The summed E-state index contributed by atoms with van der Waals surface area (Å²) in [7, 11) is 0. The molecule has 0 saturated carbocycles. The maximum absolute atomic E-state index is 13.1. The quantitative estimate of drug-likeness (QED) is 0.580. The lowest BCUT2D eigenvalue weighted by atomic mass is 10.2. The SMILES string of the molecule is Cc1c(O)n(-c2ccc(OC(F)(F)F)cc2)c(=O)n1C(NC(N)=O)c1ccncc1. The topological polar surface area (TPSA) is 124 Å². The number of pyridine rings is 1. The van der Waals surface area contributed by atoms with E-state index in [0.717, 1.165) is 21.3 Å². The van der Waals surface area contributed by atoms with E-state index in [1.807, 2.05) is 0 Å². The maximum atomic E-state index is 13.1. The molecule has 0 radical (unpaired) electrons. The molecule has 1 atom stereocenters. The third-order valence-electron chi connectivity index (χ3n) is 4.18. The summed E-state index contributed by atoms with van der Waals surface area (Å²) in [5, 5.41) is 12.9. The minimum absolute atomic E-state index is 0.0847. The Morgan fingerprint density at radius 1 is 1.20 bits per heavy atom. The molecule has 0 aliphatic heterocycles. The summed E-state index contributed by atoms with van der Waals surface area (Å²) in [4.78, 5) is 28.4. The minimum atomic E-state index is -4.86. The van der Waals surface area contributed by atoms with Gasteiger partial charge in [0.2, 0.25) is 5.88 Å². The van der Waals surface area contributed by atoms with Gasteiger partial charge in [-0.3, -0.25) is 9.55 Å². The number of benzene rings is 1. The van der Waals surface area contributed by atoms with E-state index >= 15 is 0 Å². The van der Waals surface area contributed by atoms with Gasteiger partial charge in [0, 0.05) is 12.4 Å². The van der Waals surface area contributed by atoms with Crippen LogP contribution in [-0.2, 0) is 0 Å². The first kappa shape index (κ1) is 20.8. The van der Waals surface area contributed by atoms with E-state index < -0.39 is 35.9 Å². The molecule has 2 aromatic heterocycles. The number of hydrogen-bond donors (Lipinski definition) is 3. The molecule has 2 amide bonds. The molecule has 0 bridgehead atoms. The molecule has 0 fully saturated rings. The first-order valence-electron chi connectivity index (χ1n) is 8.43. The van der Waals surface area contributed by atoms with Crippen molar-refractivity contribution in [2.24, 2.45) is 5.73 Å². The summed E-state index contributed by atoms with van der Waals surface area (Å²) in [6, 6.07) is 6.54. The number of ether oxygens (including phenoxy) is 1. The molecule has 4 N–H and O–H groups in total. The number of carbonyl (C=O) groups is 1. The average molecular weight is 423 g/mol. The van der Waals surface area contributed by atoms with E-state index in [-0.39, 0.29) is 11.4 Å². The summed E-state index contributed by atoms with van der Waals surface area (Å²) in [6.07, 6.45) is -3.03. The van der Waals surface area contributed by atoms with Gasteiger partial charge in [-0.05, 0) is 48.9 Å². The van der Waals surface area contributed by atoms with Crippen LogP contribution in [0.3, 0.4) is 0 Å². The molecule has 3 rings (SSSR count). The monoisotopic (exact) mass is 423 g/mol. The smallest absolute Gasteiger partial charge is 0.493 e. The fourth-order valence-corrected chi connectivity index (χ4v) is 2.92. The maximum Gasteiger partial charge on any atom is 0.573 e. The highest BCUT2D eigenvalue weighted by atomic mass is 19.4. The number of nitrogens with two attached hydrogens (primary N) is 1. The Kier molecular flexibility index (Phi) is 5.41. The zero-order chi connectivity index (χ0) is 22.1. The fraction of sp³-hybridized carbons (Fsp3) is 0.167. The molecule has 158 valence electrons. The number of urea groups is 1. The molecule has 3 aromatic rings. The number of hydrogen-bond acceptors (Lipinski definition) is 5. The van der Waals surface area contributed by atoms with E-state index in [2.05, 4.69) is 15.0 Å². The zero-order valence-corrected chi connectivity index (χ0v) is 15.4. The molecule has 0 saturated heterocycles. The van der Waals surface area contributed by atoms with Gasteiger partial charge >= 0.3 is 18.1 Å². The van der Waals surface area contributed by atoms with Crippen molar-refractivity contribution in [3.8, 4) is 17.3 Å². The Labute approximate surface area is 167 Å². The van der Waals surface area contributed by atoms with E-state index in [4.69, 9.17) is 5.73 Å². The van der Waals surface area contributed by atoms with Gasteiger partial charge in [0.05, 0.1) is 11.4 Å². The minimum Gasteiger partial charge on any atom is -0.493 e. The number of carbonyl (C=O) groups excluding carboxylic acids is 1. The summed E-state index contributed by atoms with van der Waals surface area (Å²) < 4.78 is 42.8. The summed E-state index contributed by atoms with van der Waals surface area (Å²) in [5.41, 5.74) is 5.11. The lowest BCUT2D eigenvalue weighted by Gasteiger charge is -2.19. The van der Waals surface area contributed by atoms with Crippen molar-refractivity contribution in [2.45, 2.75) is 19.5 Å². The van der Waals surface area contributed by atoms with Gasteiger partial charge in [-0.15, -0.1) is 13.2 Å². The molecule has 30 heavy (non-hydrogen) atoms. The largest absolute Gasteiger partial charge is 0.573 e. The van der Waals surface area contributed by atoms with Gasteiger partial charge in [0.25, 0.3) is 0 Å². The van der Waals surface area contributed by atoms with Crippen molar-refractivity contribution in [3.05, 3.63) is 70.5 Å². The van der Waals surface area contributed by atoms with Crippen LogP contribution in [-0.4, -0.2) is 31.6 Å². The number of rotatable bonds is 5. The number of amides is 2. The van der Waals surface area contributed by atoms with Crippen LogP contribution in [0.2, 0.25) is 0 Å². The highest BCUT2D eigenvalue weighted by molar-refractivity contribution is 5.72. The van der Waals surface area contributed by atoms with Crippen LogP contribution < -0.4 is 21.5 Å². The number of aromatic nitrogens is 3. The number of nitrogens with zero attached hydrogens (tertiary/aromatic N) is 3. The number of alkyl halides is 3. The van der Waals surface area contributed by atoms with Gasteiger partial charge in [0.1, 0.15) is 11.9 Å². The molecule has 2 heterocycles. The number of halogens is 3. The van der Waals surface area contributed by atoms with Gasteiger partial charge < -0.3 is 20.9 Å². The molecule has 1 aromatic carbocycles. The van der Waals surface area contributed by atoms with Gasteiger partial charge in [0.15, 0.2) is 0 Å². The lowest BCUT2D eigenvalue weighted by Crippen LogP contribution is -2.41. The van der Waals surface area contributed by atoms with Crippen LogP contribution >= 0.6 is 0 Å². The second-order valence-electron chi connectivity index (χ2n) is 6.13. The van der Waals surface area contributed by atoms with Crippen LogP contribution in [0, 0.1) is 6.92 Å². The van der Waals surface area contributed by atoms with Crippen LogP contribution in [0.15, 0.2) is 53.6 Å². The molecule has 9 nitrogen and oxygen atoms in total. The highest BCUT2D eigenvalue weighted by Gasteiger charge is 2.31. The normalized spacial score (nSPS) is 12.4. The Bertz CT molecular complexity index is 1110. The number of imidazole rings is 1. The average Bonchev–Trinajstić information content (AvgIpc) is 2.89. The predicted molar refractivity (Wildman–Crippen MR) is 98.2 cm³/mol. The third-order valence-corrected chi connectivity index (χ3v) is 4.18. The van der Waals surface area contributed by atoms with Crippen LogP contribution in [0.4, 0.5) is 18.0 Å². The van der Waals surface area contributed by atoms with Gasteiger partial charge in [-0.25, -0.2) is 14.2 Å². The molecule has 0 spiro atoms. The van der Waals surface area contributed by atoms with E-state index in [1.54, 1.807) is 12.1 Å². The lowest BCUT2D eigenvalue weighted by molar-refractivity contribution is -0.274. The van der Waals surface area contributed by atoms with Crippen molar-refractivity contribution >= 4 is 6.03 Å². The summed E-state index contributed by atoms with van der Waals surface area (Å²) >= 11 is 0. The van der Waals surface area contributed by atoms with Crippen molar-refractivity contribution in [3.63, 3.8) is 0 Å². The van der Waals surface area contributed by atoms with Crippen LogP contribution in [0.25, 0.3) is 5.69 Å². The van der Waals surface area contributed by atoms with E-state index in [9.17, 15) is 27.9 Å². The van der Waals surface area contributed by atoms with Crippen molar-refractivity contribution in [2.75, 3.05) is 0 Å². The molecule has 0 aliphatic rings. The summed E-state index contributed by atoms with van der Waals surface area (Å²) in [6.45, 7) is 1.44. The first-order chi connectivity index (χ1) is 14.1. The number of aromatic hydroxyl groups is 1.